The van der Waals surface area contributed by atoms with E-state index >= 15 is 0 Å². The Morgan fingerprint density at radius 2 is 1.50 bits per heavy atom. The van der Waals surface area contributed by atoms with E-state index in [1.54, 1.807) is 0 Å². The van der Waals surface area contributed by atoms with Crippen molar-refractivity contribution in [3.05, 3.63) is 0 Å². The van der Waals surface area contributed by atoms with Crippen molar-refractivity contribution in [2.24, 2.45) is 0 Å². The molecule has 0 aliphatic carbocycles. The minimum atomic E-state index is -1.67. The fourth-order valence-electron chi connectivity index (χ4n) is 0. The first-order valence-corrected chi connectivity index (χ1v) is 3.28. The van der Waals surface area contributed by atoms with Crippen molar-refractivity contribution in [1.29, 1.82) is 0 Å². The summed E-state index contributed by atoms with van der Waals surface area (Å²) < 4.78 is 9.09. The van der Waals surface area contributed by atoms with E-state index in [0.29, 0.717) is 0 Å². The monoisotopic (exact) mass is 120 g/mol. The van der Waals surface area contributed by atoms with Crippen LogP contribution in [-0.2, 0) is 9.23 Å². The van der Waals surface area contributed by atoms with Gasteiger partial charge in [0, 0.05) is 21.4 Å². The minimum Gasteiger partial charge on any atom is -0.225 e. The molecule has 4 heteroatoms. The van der Waals surface area contributed by atoms with Crippen molar-refractivity contribution in [2.45, 2.75) is 0 Å². The zero-order valence-electron chi connectivity index (χ0n) is 1.57. The van der Waals surface area contributed by atoms with E-state index in [9.17, 15) is 0 Å². The summed E-state index contributed by atoms with van der Waals surface area (Å²) in [5, 5.41) is 0. The smallest absolute Gasteiger partial charge is 0.211 e. The van der Waals surface area contributed by atoms with Gasteiger partial charge in [0.2, 0.25) is 9.23 Å². The summed E-state index contributed by atoms with van der Waals surface area (Å²) >= 11 is 0. The van der Waals surface area contributed by atoms with E-state index in [0.717, 1.165) is 0 Å². The van der Waals surface area contributed by atoms with Gasteiger partial charge in [0.05, 0.1) is 0 Å². The summed E-state index contributed by atoms with van der Waals surface area (Å²) in [7, 11) is 7.36. The first-order chi connectivity index (χ1) is 1.73. The Hall–Kier alpha value is 0.730. The fraction of sp³-hybridized carbons (Fsp3) is 0. The standard InChI is InChI=1S/Cl2OS/c1-4(2)3/i3+2. The summed E-state index contributed by atoms with van der Waals surface area (Å²) in [5.74, 6) is 0. The second-order valence-electron chi connectivity index (χ2n) is 0.184. The van der Waals surface area contributed by atoms with E-state index in [1.165, 1.54) is 0 Å². The van der Waals surface area contributed by atoms with Crippen LogP contribution in [0.3, 0.4) is 0 Å². The molecule has 0 amide bonds. The Morgan fingerprint density at radius 1 is 1.50 bits per heavy atom. The third-order valence-electron chi connectivity index (χ3n) is 0. The summed E-state index contributed by atoms with van der Waals surface area (Å²) in [6.07, 6.45) is 0. The van der Waals surface area contributed by atoms with Crippen LogP contribution in [0.25, 0.3) is 0 Å². The van der Waals surface area contributed by atoms with Crippen molar-refractivity contribution in [1.82, 2.24) is 0 Å². The lowest BCUT2D eigenvalue weighted by molar-refractivity contribution is 0.698. The Morgan fingerprint density at radius 3 is 1.50 bits per heavy atom. The van der Waals surface area contributed by atoms with Crippen molar-refractivity contribution in [2.75, 3.05) is 0 Å². The van der Waals surface area contributed by atoms with Crippen molar-refractivity contribution >= 4 is 30.6 Å². The second kappa shape index (κ2) is 2.00. The van der Waals surface area contributed by atoms with E-state index < -0.39 is 9.23 Å². The predicted molar refractivity (Wildman–Crippen MR) is 19.8 cm³/mol. The Balaban J connectivity index is 2.80. The largest absolute Gasteiger partial charge is 0.225 e. The number of hydrogen-bond donors (Lipinski definition) is 0. The van der Waals surface area contributed by atoms with Gasteiger partial charge < -0.3 is 0 Å². The van der Waals surface area contributed by atoms with Gasteiger partial charge in [-0.05, 0) is 0 Å². The van der Waals surface area contributed by atoms with E-state index in [-0.39, 0.29) is 0 Å². The molecule has 0 radical (unpaired) electrons. The van der Waals surface area contributed by atoms with Crippen molar-refractivity contribution in [3.63, 3.8) is 0 Å². The predicted octanol–water partition coefficient (Wildman–Crippen LogP) is 1.04. The number of halogens is 2. The first-order valence-electron chi connectivity index (χ1n) is 0.475. The van der Waals surface area contributed by atoms with Gasteiger partial charge in [0.15, 0.2) is 0 Å². The molecule has 0 unspecified atom stereocenters. The topological polar surface area (TPSA) is 17.1 Å². The highest BCUT2D eigenvalue weighted by atomic mass is 36.0. The van der Waals surface area contributed by atoms with Crippen molar-refractivity contribution < 1.29 is 4.21 Å². The number of hydrogen-bond acceptors (Lipinski definition) is 1. The summed E-state index contributed by atoms with van der Waals surface area (Å²) in [4.78, 5) is 0. The maximum atomic E-state index is 9.09. The molecule has 0 heterocycles. The molecule has 0 aromatic heterocycles. The van der Waals surface area contributed by atoms with Gasteiger partial charge in [-0.2, -0.15) is 0 Å². The highest BCUT2D eigenvalue weighted by Gasteiger charge is 1.67. The zero-order valence-corrected chi connectivity index (χ0v) is 3.90. The van der Waals surface area contributed by atoms with Crippen LogP contribution in [-0.4, -0.2) is 4.21 Å². The van der Waals surface area contributed by atoms with Crippen molar-refractivity contribution in [3.8, 4) is 0 Å². The molecule has 1 nitrogen and oxygen atoms in total. The van der Waals surface area contributed by atoms with Gasteiger partial charge in [0.25, 0.3) is 0 Å². The molecule has 0 N–H and O–H groups in total. The van der Waals surface area contributed by atoms with Crippen LogP contribution in [0.1, 0.15) is 0 Å². The molecular weight excluding hydrogens is 121 g/mol. The highest BCUT2D eigenvalue weighted by molar-refractivity contribution is 8.26. The first kappa shape index (κ1) is 4.73. The third-order valence-corrected chi connectivity index (χ3v) is 0. The summed E-state index contributed by atoms with van der Waals surface area (Å²) in [5.41, 5.74) is 0. The second-order valence-corrected chi connectivity index (χ2v) is 2.71. The SMILES string of the molecule is [18O]=S(Cl)Cl. The van der Waals surface area contributed by atoms with Crippen LogP contribution in [0.15, 0.2) is 0 Å². The van der Waals surface area contributed by atoms with Gasteiger partial charge in [0.1, 0.15) is 0 Å². The molecule has 0 aromatic rings. The highest BCUT2D eigenvalue weighted by Crippen LogP contribution is 1.89. The van der Waals surface area contributed by atoms with Gasteiger partial charge in [-0.15, -0.1) is 0 Å². The lowest BCUT2D eigenvalue weighted by Crippen LogP contribution is -1.41. The minimum absolute atomic E-state index is 1.67. The zero-order chi connectivity index (χ0) is 3.58. The third kappa shape index (κ3) is 15.3. The van der Waals surface area contributed by atoms with Crippen LogP contribution < -0.4 is 0 Å². The van der Waals surface area contributed by atoms with Crippen LogP contribution in [0.2, 0.25) is 0 Å². The van der Waals surface area contributed by atoms with E-state index in [2.05, 4.69) is 21.4 Å². The molecule has 4 heavy (non-hydrogen) atoms. The summed E-state index contributed by atoms with van der Waals surface area (Å²) in [6, 6.07) is 0. The van der Waals surface area contributed by atoms with Crippen LogP contribution in [0.5, 0.6) is 0 Å². The average Bonchev–Trinajstić information content (AvgIpc) is 0.811. The lowest BCUT2D eigenvalue weighted by atomic mass is 18.0. The molecule has 26 valence electrons. The molecule has 0 atom stereocenters. The quantitative estimate of drug-likeness (QED) is 0.345. The van der Waals surface area contributed by atoms with E-state index in [1.807, 2.05) is 0 Å². The van der Waals surface area contributed by atoms with Gasteiger partial charge >= 0.3 is 0 Å². The maximum Gasteiger partial charge on any atom is 0.211 e. The van der Waals surface area contributed by atoms with Crippen LogP contribution >= 0.6 is 21.4 Å². The molecular formula is Cl2OS. The Kier molecular flexibility index (Phi) is 2.36. The molecule has 0 aromatic carbocycles. The van der Waals surface area contributed by atoms with Gasteiger partial charge in [-0.25, -0.2) is 4.21 Å². The molecule has 0 aliphatic rings. The molecule has 0 fully saturated rings. The fourth-order valence-corrected chi connectivity index (χ4v) is 0. The van der Waals surface area contributed by atoms with Gasteiger partial charge in [-0.3, -0.25) is 0 Å². The van der Waals surface area contributed by atoms with Crippen LogP contribution in [0.4, 0.5) is 0 Å². The average molecular weight is 121 g/mol. The molecule has 0 rings (SSSR count). The normalized spacial score (nSPS) is 8.75. The molecule has 0 saturated carbocycles. The summed E-state index contributed by atoms with van der Waals surface area (Å²) in [6.45, 7) is 0. The maximum absolute atomic E-state index is 9.09. The Labute approximate surface area is 35.4 Å². The lowest BCUT2D eigenvalue weighted by Gasteiger charge is -1.50. The van der Waals surface area contributed by atoms with E-state index in [4.69, 9.17) is 4.21 Å². The molecule has 0 aliphatic heterocycles. The molecule has 0 spiro atoms. The van der Waals surface area contributed by atoms with Gasteiger partial charge in [-0.1, -0.05) is 0 Å². The van der Waals surface area contributed by atoms with Crippen LogP contribution in [0, 0.1) is 0 Å². The molecule has 0 bridgehead atoms. The molecule has 0 saturated heterocycles. The number of rotatable bonds is 0. The Bertz CT molecular complexity index is 29.0.